The first-order chi connectivity index (χ1) is 9.03. The fourth-order valence-corrected chi connectivity index (χ4v) is 1.45. The standard InChI is InChI=1S/C12H17N3O4/c1-7(11(16)15-13)14-12(17)8-4-5-9(18-2)10(6-8)19-3/h4-7H,13H2,1-3H3,(H,14,17)(H,15,16). The van der Waals surface area contributed by atoms with Crippen molar-refractivity contribution in [3.63, 3.8) is 0 Å². The number of carbonyl (C=O) groups is 2. The van der Waals surface area contributed by atoms with Gasteiger partial charge in [0.2, 0.25) is 0 Å². The third-order valence-electron chi connectivity index (χ3n) is 2.53. The number of hydrogen-bond acceptors (Lipinski definition) is 5. The van der Waals surface area contributed by atoms with Gasteiger partial charge in [0.1, 0.15) is 6.04 Å². The second kappa shape index (κ2) is 6.60. The molecule has 7 nitrogen and oxygen atoms in total. The molecule has 0 heterocycles. The summed E-state index contributed by atoms with van der Waals surface area (Å²) in [5.74, 6) is 5.06. The fourth-order valence-electron chi connectivity index (χ4n) is 1.45. The number of hydrazine groups is 1. The molecule has 1 rings (SSSR count). The highest BCUT2D eigenvalue weighted by Crippen LogP contribution is 2.27. The zero-order valence-electron chi connectivity index (χ0n) is 11.0. The van der Waals surface area contributed by atoms with Gasteiger partial charge in [0.05, 0.1) is 14.2 Å². The maximum Gasteiger partial charge on any atom is 0.256 e. The molecule has 0 bridgehead atoms. The van der Waals surface area contributed by atoms with Gasteiger partial charge in [0, 0.05) is 5.56 Å². The van der Waals surface area contributed by atoms with Crippen LogP contribution in [0.5, 0.6) is 11.5 Å². The average molecular weight is 267 g/mol. The summed E-state index contributed by atoms with van der Waals surface area (Å²) in [5.41, 5.74) is 2.32. The summed E-state index contributed by atoms with van der Waals surface area (Å²) >= 11 is 0. The molecule has 0 fully saturated rings. The van der Waals surface area contributed by atoms with E-state index >= 15 is 0 Å². The lowest BCUT2D eigenvalue weighted by Crippen LogP contribution is -2.47. The van der Waals surface area contributed by atoms with Crippen LogP contribution in [0.4, 0.5) is 0 Å². The number of carbonyl (C=O) groups excluding carboxylic acids is 2. The fraction of sp³-hybridized carbons (Fsp3) is 0.333. The monoisotopic (exact) mass is 267 g/mol. The van der Waals surface area contributed by atoms with Crippen molar-refractivity contribution in [2.75, 3.05) is 14.2 Å². The Labute approximate surface area is 111 Å². The Kier molecular flexibility index (Phi) is 5.13. The number of amides is 2. The Hall–Kier alpha value is -2.28. The minimum Gasteiger partial charge on any atom is -0.493 e. The second-order valence-electron chi connectivity index (χ2n) is 3.77. The van der Waals surface area contributed by atoms with Crippen LogP contribution in [0.2, 0.25) is 0 Å². The lowest BCUT2D eigenvalue weighted by molar-refractivity contribution is -0.122. The van der Waals surface area contributed by atoms with Crippen molar-refractivity contribution in [1.82, 2.24) is 10.7 Å². The Morgan fingerprint density at radius 1 is 1.21 bits per heavy atom. The van der Waals surface area contributed by atoms with Crippen LogP contribution in [0.15, 0.2) is 18.2 Å². The quantitative estimate of drug-likeness (QED) is 0.390. The molecular formula is C12H17N3O4. The molecule has 1 atom stereocenters. The normalized spacial score (nSPS) is 11.4. The van der Waals surface area contributed by atoms with Crippen molar-refractivity contribution in [3.8, 4) is 11.5 Å². The Balaban J connectivity index is 2.85. The molecule has 0 saturated heterocycles. The number of benzene rings is 1. The van der Waals surface area contributed by atoms with Crippen molar-refractivity contribution in [2.45, 2.75) is 13.0 Å². The Morgan fingerprint density at radius 3 is 2.37 bits per heavy atom. The van der Waals surface area contributed by atoms with Gasteiger partial charge in [-0.05, 0) is 25.1 Å². The van der Waals surface area contributed by atoms with Gasteiger partial charge in [-0.3, -0.25) is 15.0 Å². The highest BCUT2D eigenvalue weighted by Gasteiger charge is 2.16. The van der Waals surface area contributed by atoms with E-state index in [1.54, 1.807) is 12.1 Å². The van der Waals surface area contributed by atoms with Crippen molar-refractivity contribution in [1.29, 1.82) is 0 Å². The molecule has 0 aliphatic rings. The molecule has 2 amide bonds. The van der Waals surface area contributed by atoms with Crippen LogP contribution < -0.4 is 26.1 Å². The van der Waals surface area contributed by atoms with Crippen LogP contribution in [0.3, 0.4) is 0 Å². The van der Waals surface area contributed by atoms with E-state index in [4.69, 9.17) is 15.3 Å². The van der Waals surface area contributed by atoms with E-state index in [1.807, 2.05) is 5.43 Å². The molecule has 7 heteroatoms. The Bertz CT molecular complexity index is 476. The largest absolute Gasteiger partial charge is 0.493 e. The summed E-state index contributed by atoms with van der Waals surface area (Å²) in [6.45, 7) is 1.53. The zero-order valence-corrected chi connectivity index (χ0v) is 11.0. The minimum atomic E-state index is -0.731. The number of methoxy groups -OCH3 is 2. The lowest BCUT2D eigenvalue weighted by Gasteiger charge is -2.13. The molecule has 0 aromatic heterocycles. The van der Waals surface area contributed by atoms with Gasteiger partial charge in [-0.2, -0.15) is 0 Å². The Morgan fingerprint density at radius 2 is 1.84 bits per heavy atom. The molecule has 0 aliphatic carbocycles. The minimum absolute atomic E-state index is 0.356. The third-order valence-corrected chi connectivity index (χ3v) is 2.53. The highest BCUT2D eigenvalue weighted by molar-refractivity contribution is 5.97. The van der Waals surface area contributed by atoms with Crippen molar-refractivity contribution in [3.05, 3.63) is 23.8 Å². The van der Waals surface area contributed by atoms with Crippen LogP contribution in [0.25, 0.3) is 0 Å². The van der Waals surface area contributed by atoms with E-state index in [0.29, 0.717) is 17.1 Å². The van der Waals surface area contributed by atoms with E-state index < -0.39 is 17.9 Å². The second-order valence-corrected chi connectivity index (χ2v) is 3.77. The van der Waals surface area contributed by atoms with Gasteiger partial charge in [0.25, 0.3) is 11.8 Å². The molecule has 0 spiro atoms. The van der Waals surface area contributed by atoms with Crippen LogP contribution >= 0.6 is 0 Å². The first kappa shape index (κ1) is 14.8. The maximum absolute atomic E-state index is 11.9. The molecule has 0 saturated carbocycles. The van der Waals surface area contributed by atoms with Gasteiger partial charge in [-0.1, -0.05) is 0 Å². The number of ether oxygens (including phenoxy) is 2. The third kappa shape index (κ3) is 3.59. The first-order valence-corrected chi connectivity index (χ1v) is 5.56. The highest BCUT2D eigenvalue weighted by atomic mass is 16.5. The van der Waals surface area contributed by atoms with Gasteiger partial charge >= 0.3 is 0 Å². The first-order valence-electron chi connectivity index (χ1n) is 5.56. The van der Waals surface area contributed by atoms with E-state index in [1.165, 1.54) is 27.2 Å². The molecule has 0 aliphatic heterocycles. The van der Waals surface area contributed by atoms with E-state index in [0.717, 1.165) is 0 Å². The number of rotatable bonds is 5. The molecular weight excluding hydrogens is 250 g/mol. The average Bonchev–Trinajstić information content (AvgIpc) is 2.45. The molecule has 19 heavy (non-hydrogen) atoms. The summed E-state index contributed by atoms with van der Waals surface area (Å²) in [5, 5.41) is 2.51. The maximum atomic E-state index is 11.9. The summed E-state index contributed by atoms with van der Waals surface area (Å²) in [6, 6.07) is 3.98. The molecule has 104 valence electrons. The number of hydrogen-bond donors (Lipinski definition) is 3. The SMILES string of the molecule is COc1ccc(C(=O)NC(C)C(=O)NN)cc1OC. The van der Waals surface area contributed by atoms with Crippen LogP contribution in [-0.4, -0.2) is 32.1 Å². The summed E-state index contributed by atoms with van der Waals surface area (Å²) < 4.78 is 10.2. The molecule has 1 aromatic rings. The van der Waals surface area contributed by atoms with E-state index in [9.17, 15) is 9.59 Å². The van der Waals surface area contributed by atoms with E-state index in [-0.39, 0.29) is 0 Å². The van der Waals surface area contributed by atoms with Gasteiger partial charge in [-0.15, -0.1) is 0 Å². The molecule has 1 unspecified atom stereocenters. The zero-order chi connectivity index (χ0) is 14.4. The van der Waals surface area contributed by atoms with Gasteiger partial charge in [-0.25, -0.2) is 5.84 Å². The predicted molar refractivity (Wildman–Crippen MR) is 68.8 cm³/mol. The van der Waals surface area contributed by atoms with Crippen LogP contribution in [0, 0.1) is 0 Å². The number of nitrogens with one attached hydrogen (secondary N) is 2. The van der Waals surface area contributed by atoms with Crippen molar-refractivity contribution in [2.24, 2.45) is 5.84 Å². The van der Waals surface area contributed by atoms with E-state index in [2.05, 4.69) is 5.32 Å². The van der Waals surface area contributed by atoms with Crippen LogP contribution in [-0.2, 0) is 4.79 Å². The van der Waals surface area contributed by atoms with Crippen LogP contribution in [0.1, 0.15) is 17.3 Å². The molecule has 0 radical (unpaired) electrons. The topological polar surface area (TPSA) is 103 Å². The van der Waals surface area contributed by atoms with Crippen molar-refractivity contribution >= 4 is 11.8 Å². The van der Waals surface area contributed by atoms with Crippen molar-refractivity contribution < 1.29 is 19.1 Å². The molecule has 1 aromatic carbocycles. The molecule has 4 N–H and O–H groups in total. The number of nitrogens with two attached hydrogens (primary N) is 1. The van der Waals surface area contributed by atoms with Gasteiger partial charge in [0.15, 0.2) is 11.5 Å². The smallest absolute Gasteiger partial charge is 0.256 e. The van der Waals surface area contributed by atoms with Gasteiger partial charge < -0.3 is 14.8 Å². The summed E-state index contributed by atoms with van der Waals surface area (Å²) in [7, 11) is 2.98. The summed E-state index contributed by atoms with van der Waals surface area (Å²) in [6.07, 6.45) is 0. The lowest BCUT2D eigenvalue weighted by atomic mass is 10.1. The predicted octanol–water partition coefficient (Wildman–Crippen LogP) is -0.188. The summed E-state index contributed by atoms with van der Waals surface area (Å²) in [4.78, 5) is 23.1.